The third-order valence-corrected chi connectivity index (χ3v) is 4.89. The standard InChI is InChI=1S/C22H26N2O4/c1-15-4-9-20(12-16(15)2)28-14-21(25)23-19-7-5-18(6-8-19)22(26)24-10-11-27-13-17(24)3/h4-9,12,17H,10-11,13-14H2,1-3H3,(H,23,25). The number of hydrogen-bond acceptors (Lipinski definition) is 4. The van der Waals surface area contributed by atoms with E-state index in [-0.39, 0.29) is 24.5 Å². The van der Waals surface area contributed by atoms with Crippen LogP contribution in [0.25, 0.3) is 0 Å². The first-order valence-electron chi connectivity index (χ1n) is 9.42. The van der Waals surface area contributed by atoms with E-state index in [9.17, 15) is 9.59 Å². The van der Waals surface area contributed by atoms with Crippen molar-refractivity contribution in [2.24, 2.45) is 0 Å². The van der Waals surface area contributed by atoms with Crippen LogP contribution in [0.4, 0.5) is 5.69 Å². The van der Waals surface area contributed by atoms with Gasteiger partial charge in [0.05, 0.1) is 19.3 Å². The third-order valence-electron chi connectivity index (χ3n) is 4.89. The minimum absolute atomic E-state index is 0.0215. The molecule has 2 aromatic rings. The average molecular weight is 382 g/mol. The quantitative estimate of drug-likeness (QED) is 0.862. The number of rotatable bonds is 5. The summed E-state index contributed by atoms with van der Waals surface area (Å²) >= 11 is 0. The van der Waals surface area contributed by atoms with E-state index in [1.807, 2.05) is 43.9 Å². The van der Waals surface area contributed by atoms with Gasteiger partial charge in [0, 0.05) is 17.8 Å². The third kappa shape index (κ3) is 4.89. The van der Waals surface area contributed by atoms with E-state index in [0.29, 0.717) is 36.8 Å². The highest BCUT2D eigenvalue weighted by Gasteiger charge is 2.24. The Kier molecular flexibility index (Phi) is 6.31. The molecular weight excluding hydrogens is 356 g/mol. The van der Waals surface area contributed by atoms with Crippen molar-refractivity contribution < 1.29 is 19.1 Å². The molecule has 28 heavy (non-hydrogen) atoms. The lowest BCUT2D eigenvalue weighted by molar-refractivity contribution is -0.118. The monoisotopic (exact) mass is 382 g/mol. The van der Waals surface area contributed by atoms with Gasteiger partial charge in [-0.25, -0.2) is 0 Å². The van der Waals surface area contributed by atoms with Crippen LogP contribution in [0, 0.1) is 13.8 Å². The molecular formula is C22H26N2O4. The molecule has 1 N–H and O–H groups in total. The SMILES string of the molecule is Cc1ccc(OCC(=O)Nc2ccc(C(=O)N3CCOCC3C)cc2)cc1C. The smallest absolute Gasteiger partial charge is 0.262 e. The van der Waals surface area contributed by atoms with Crippen LogP contribution in [0.3, 0.4) is 0 Å². The summed E-state index contributed by atoms with van der Waals surface area (Å²) in [5.41, 5.74) is 3.52. The van der Waals surface area contributed by atoms with Crippen LogP contribution in [0.2, 0.25) is 0 Å². The second kappa shape index (κ2) is 8.89. The van der Waals surface area contributed by atoms with E-state index < -0.39 is 0 Å². The molecule has 1 heterocycles. The first kappa shape index (κ1) is 19.9. The van der Waals surface area contributed by atoms with Gasteiger partial charge in [-0.1, -0.05) is 6.07 Å². The lowest BCUT2D eigenvalue weighted by atomic mass is 10.1. The molecule has 0 spiro atoms. The van der Waals surface area contributed by atoms with E-state index in [2.05, 4.69) is 5.32 Å². The van der Waals surface area contributed by atoms with Crippen molar-refractivity contribution in [3.63, 3.8) is 0 Å². The second-order valence-corrected chi connectivity index (χ2v) is 7.08. The fourth-order valence-electron chi connectivity index (χ4n) is 3.04. The van der Waals surface area contributed by atoms with Gasteiger partial charge in [-0.15, -0.1) is 0 Å². The number of ether oxygens (including phenoxy) is 2. The van der Waals surface area contributed by atoms with Gasteiger partial charge in [-0.3, -0.25) is 9.59 Å². The molecule has 6 heteroatoms. The fourth-order valence-corrected chi connectivity index (χ4v) is 3.04. The molecule has 1 atom stereocenters. The highest BCUT2D eigenvalue weighted by atomic mass is 16.5. The number of morpholine rings is 1. The molecule has 2 aromatic carbocycles. The number of hydrogen-bond donors (Lipinski definition) is 1. The maximum absolute atomic E-state index is 12.6. The van der Waals surface area contributed by atoms with Gasteiger partial charge < -0.3 is 19.7 Å². The molecule has 0 bridgehead atoms. The molecule has 0 radical (unpaired) electrons. The molecule has 148 valence electrons. The second-order valence-electron chi connectivity index (χ2n) is 7.08. The molecule has 0 aromatic heterocycles. The van der Waals surface area contributed by atoms with Crippen molar-refractivity contribution in [3.8, 4) is 5.75 Å². The maximum Gasteiger partial charge on any atom is 0.262 e. The predicted octanol–water partition coefficient (Wildman–Crippen LogP) is 3.18. The first-order chi connectivity index (χ1) is 13.4. The van der Waals surface area contributed by atoms with E-state index in [1.165, 1.54) is 5.56 Å². The van der Waals surface area contributed by atoms with Crippen molar-refractivity contribution in [2.45, 2.75) is 26.8 Å². The zero-order chi connectivity index (χ0) is 20.1. The van der Waals surface area contributed by atoms with Crippen LogP contribution in [0.1, 0.15) is 28.4 Å². The van der Waals surface area contributed by atoms with Gasteiger partial charge in [-0.05, 0) is 68.3 Å². The van der Waals surface area contributed by atoms with Crippen LogP contribution < -0.4 is 10.1 Å². The summed E-state index contributed by atoms with van der Waals surface area (Å²) in [5.74, 6) is 0.393. The zero-order valence-corrected chi connectivity index (χ0v) is 16.5. The average Bonchev–Trinajstić information content (AvgIpc) is 2.69. The van der Waals surface area contributed by atoms with Gasteiger partial charge in [0.1, 0.15) is 5.75 Å². The van der Waals surface area contributed by atoms with Gasteiger partial charge >= 0.3 is 0 Å². The minimum atomic E-state index is -0.251. The highest BCUT2D eigenvalue weighted by Crippen LogP contribution is 2.17. The Bertz CT molecular complexity index is 848. The molecule has 1 fully saturated rings. The summed E-state index contributed by atoms with van der Waals surface area (Å²) in [6.45, 7) is 7.64. The summed E-state index contributed by atoms with van der Waals surface area (Å²) in [4.78, 5) is 26.6. The Morgan fingerprint density at radius 1 is 1.14 bits per heavy atom. The maximum atomic E-state index is 12.6. The number of amides is 2. The molecule has 1 aliphatic heterocycles. The lowest BCUT2D eigenvalue weighted by Crippen LogP contribution is -2.47. The number of nitrogens with zero attached hydrogens (tertiary/aromatic N) is 1. The molecule has 1 unspecified atom stereocenters. The van der Waals surface area contributed by atoms with Crippen LogP contribution in [0.5, 0.6) is 5.75 Å². The Morgan fingerprint density at radius 2 is 1.89 bits per heavy atom. The van der Waals surface area contributed by atoms with Gasteiger partial charge in [0.15, 0.2) is 6.61 Å². The number of anilines is 1. The Balaban J connectivity index is 1.53. The molecule has 1 aliphatic rings. The molecule has 0 saturated carbocycles. The zero-order valence-electron chi connectivity index (χ0n) is 16.5. The van der Waals surface area contributed by atoms with Crippen LogP contribution >= 0.6 is 0 Å². The number of nitrogens with one attached hydrogen (secondary N) is 1. The minimum Gasteiger partial charge on any atom is -0.484 e. The van der Waals surface area contributed by atoms with Crippen molar-refractivity contribution in [1.29, 1.82) is 0 Å². The van der Waals surface area contributed by atoms with Crippen molar-refractivity contribution >= 4 is 17.5 Å². The molecule has 2 amide bonds. The number of benzene rings is 2. The molecule has 3 rings (SSSR count). The van der Waals surface area contributed by atoms with Crippen LogP contribution in [-0.2, 0) is 9.53 Å². The number of carbonyl (C=O) groups is 2. The van der Waals surface area contributed by atoms with Gasteiger partial charge in [0.25, 0.3) is 11.8 Å². The Labute approximate surface area is 165 Å². The fraction of sp³-hybridized carbons (Fsp3) is 0.364. The lowest BCUT2D eigenvalue weighted by Gasteiger charge is -2.33. The van der Waals surface area contributed by atoms with E-state index in [4.69, 9.17) is 9.47 Å². The van der Waals surface area contributed by atoms with Gasteiger partial charge in [0.2, 0.25) is 0 Å². The van der Waals surface area contributed by atoms with Crippen LogP contribution in [0.15, 0.2) is 42.5 Å². The molecule has 6 nitrogen and oxygen atoms in total. The number of aryl methyl sites for hydroxylation is 2. The molecule has 1 saturated heterocycles. The summed E-state index contributed by atoms with van der Waals surface area (Å²) in [7, 11) is 0. The Morgan fingerprint density at radius 3 is 2.57 bits per heavy atom. The van der Waals surface area contributed by atoms with Gasteiger partial charge in [-0.2, -0.15) is 0 Å². The summed E-state index contributed by atoms with van der Waals surface area (Å²) in [6, 6.07) is 12.7. The van der Waals surface area contributed by atoms with E-state index in [1.54, 1.807) is 24.3 Å². The van der Waals surface area contributed by atoms with E-state index in [0.717, 1.165) is 5.56 Å². The summed E-state index contributed by atoms with van der Waals surface area (Å²) in [6.07, 6.45) is 0. The largest absolute Gasteiger partial charge is 0.484 e. The normalized spacial score (nSPS) is 16.5. The van der Waals surface area contributed by atoms with E-state index >= 15 is 0 Å². The first-order valence-corrected chi connectivity index (χ1v) is 9.42. The number of carbonyl (C=O) groups excluding carboxylic acids is 2. The summed E-state index contributed by atoms with van der Waals surface area (Å²) in [5, 5.41) is 2.78. The van der Waals surface area contributed by atoms with Crippen molar-refractivity contribution in [3.05, 3.63) is 59.2 Å². The van der Waals surface area contributed by atoms with Crippen molar-refractivity contribution in [1.82, 2.24) is 4.90 Å². The topological polar surface area (TPSA) is 67.9 Å². The predicted molar refractivity (Wildman–Crippen MR) is 108 cm³/mol. The van der Waals surface area contributed by atoms with Crippen LogP contribution in [-0.4, -0.2) is 49.1 Å². The summed E-state index contributed by atoms with van der Waals surface area (Å²) < 4.78 is 10.9. The Hall–Kier alpha value is -2.86. The highest BCUT2D eigenvalue weighted by molar-refractivity contribution is 5.96. The molecule has 0 aliphatic carbocycles. The van der Waals surface area contributed by atoms with Crippen molar-refractivity contribution in [2.75, 3.05) is 31.7 Å².